The SMILES string of the molecule is CCCn1nc(C(=O)NNC(=O)[C@H](C)NC(=O)c2cccc([N+](=O)[O-])c2)c2ccccc2c1=O. The normalized spacial score (nSPS) is 11.5. The second-order valence-electron chi connectivity index (χ2n) is 7.37. The molecule has 3 amide bonds. The molecule has 0 aliphatic carbocycles. The van der Waals surface area contributed by atoms with Crippen LogP contribution >= 0.6 is 0 Å². The van der Waals surface area contributed by atoms with Crippen LogP contribution in [0, 0.1) is 10.1 Å². The molecule has 3 rings (SSSR count). The minimum absolute atomic E-state index is 0.00624. The molecule has 1 aromatic heterocycles. The minimum atomic E-state index is -1.08. The van der Waals surface area contributed by atoms with Gasteiger partial charge in [0.1, 0.15) is 6.04 Å². The molecule has 0 spiro atoms. The van der Waals surface area contributed by atoms with Crippen LogP contribution in [0.25, 0.3) is 10.8 Å². The molecule has 12 heteroatoms. The number of nitrogens with one attached hydrogen (secondary N) is 3. The van der Waals surface area contributed by atoms with Crippen molar-refractivity contribution >= 4 is 34.2 Å². The molecule has 0 fully saturated rings. The van der Waals surface area contributed by atoms with Gasteiger partial charge >= 0.3 is 0 Å². The zero-order valence-electron chi connectivity index (χ0n) is 18.4. The summed E-state index contributed by atoms with van der Waals surface area (Å²) in [4.78, 5) is 60.2. The third-order valence-electron chi connectivity index (χ3n) is 4.88. The van der Waals surface area contributed by atoms with Crippen LogP contribution in [-0.4, -0.2) is 38.5 Å². The second kappa shape index (κ2) is 10.3. The molecule has 1 atom stereocenters. The van der Waals surface area contributed by atoms with Crippen molar-refractivity contribution in [3.63, 3.8) is 0 Å². The van der Waals surface area contributed by atoms with Gasteiger partial charge in [0.2, 0.25) is 0 Å². The molecule has 0 bridgehead atoms. The minimum Gasteiger partial charge on any atom is -0.340 e. The lowest BCUT2D eigenvalue weighted by molar-refractivity contribution is -0.384. The molecule has 0 saturated carbocycles. The van der Waals surface area contributed by atoms with E-state index in [4.69, 9.17) is 0 Å². The Morgan fingerprint density at radius 1 is 1.06 bits per heavy atom. The van der Waals surface area contributed by atoms with E-state index in [1.807, 2.05) is 6.92 Å². The van der Waals surface area contributed by atoms with Crippen LogP contribution in [0.4, 0.5) is 5.69 Å². The van der Waals surface area contributed by atoms with Crippen LogP contribution in [0.5, 0.6) is 0 Å². The van der Waals surface area contributed by atoms with Crippen molar-refractivity contribution < 1.29 is 19.3 Å². The van der Waals surface area contributed by atoms with Gasteiger partial charge in [0.05, 0.1) is 10.3 Å². The molecule has 0 radical (unpaired) electrons. The summed E-state index contributed by atoms with van der Waals surface area (Å²) < 4.78 is 1.20. The van der Waals surface area contributed by atoms with Gasteiger partial charge in [0, 0.05) is 29.6 Å². The maximum Gasteiger partial charge on any atom is 0.290 e. The number of carbonyl (C=O) groups is 3. The molecule has 176 valence electrons. The van der Waals surface area contributed by atoms with E-state index >= 15 is 0 Å². The summed E-state index contributed by atoms with van der Waals surface area (Å²) >= 11 is 0. The summed E-state index contributed by atoms with van der Waals surface area (Å²) in [5.74, 6) is -2.18. The topological polar surface area (TPSA) is 165 Å². The van der Waals surface area contributed by atoms with E-state index in [0.29, 0.717) is 23.7 Å². The summed E-state index contributed by atoms with van der Waals surface area (Å²) in [6.07, 6.45) is 0.630. The third kappa shape index (κ3) is 5.23. The predicted molar refractivity (Wildman–Crippen MR) is 122 cm³/mol. The quantitative estimate of drug-likeness (QED) is 0.349. The van der Waals surface area contributed by atoms with Gasteiger partial charge in [-0.2, -0.15) is 5.10 Å². The number of aromatic nitrogens is 2. The third-order valence-corrected chi connectivity index (χ3v) is 4.88. The van der Waals surface area contributed by atoms with E-state index in [2.05, 4.69) is 21.3 Å². The summed E-state index contributed by atoms with van der Waals surface area (Å²) in [6, 6.07) is 10.5. The van der Waals surface area contributed by atoms with Gasteiger partial charge in [0.25, 0.3) is 29.0 Å². The van der Waals surface area contributed by atoms with Crippen LogP contribution in [-0.2, 0) is 11.3 Å². The average molecular weight is 466 g/mol. The molecule has 3 N–H and O–H groups in total. The number of non-ortho nitro benzene ring substituents is 1. The van der Waals surface area contributed by atoms with Gasteiger partial charge in [-0.1, -0.05) is 31.2 Å². The van der Waals surface area contributed by atoms with E-state index < -0.39 is 28.7 Å². The van der Waals surface area contributed by atoms with E-state index in [1.54, 1.807) is 24.3 Å². The predicted octanol–water partition coefficient (Wildman–Crippen LogP) is 1.29. The Bertz CT molecular complexity index is 1330. The Hall–Kier alpha value is -4.61. The largest absolute Gasteiger partial charge is 0.340 e. The summed E-state index contributed by atoms with van der Waals surface area (Å²) in [6.45, 7) is 3.56. The summed E-state index contributed by atoms with van der Waals surface area (Å²) in [5, 5.41) is 18.1. The molecular weight excluding hydrogens is 444 g/mol. The smallest absolute Gasteiger partial charge is 0.290 e. The number of benzene rings is 2. The molecule has 0 unspecified atom stereocenters. The Kier molecular flexibility index (Phi) is 7.31. The first-order valence-corrected chi connectivity index (χ1v) is 10.4. The van der Waals surface area contributed by atoms with E-state index in [0.717, 1.165) is 6.07 Å². The molecule has 0 saturated heterocycles. The van der Waals surface area contributed by atoms with Gasteiger partial charge in [-0.3, -0.25) is 40.1 Å². The number of nitrogens with zero attached hydrogens (tertiary/aromatic N) is 3. The van der Waals surface area contributed by atoms with Gasteiger partial charge in [0.15, 0.2) is 5.69 Å². The highest BCUT2D eigenvalue weighted by atomic mass is 16.6. The van der Waals surface area contributed by atoms with Crippen LogP contribution in [0.15, 0.2) is 53.3 Å². The highest BCUT2D eigenvalue weighted by Gasteiger charge is 2.21. The fraction of sp³-hybridized carbons (Fsp3) is 0.227. The van der Waals surface area contributed by atoms with Gasteiger partial charge in [-0.25, -0.2) is 4.68 Å². The first-order chi connectivity index (χ1) is 16.2. The molecular formula is C22H22N6O6. The number of rotatable bonds is 7. The number of aryl methyl sites for hydroxylation is 1. The average Bonchev–Trinajstić information content (AvgIpc) is 2.84. The van der Waals surface area contributed by atoms with E-state index in [9.17, 15) is 29.3 Å². The highest BCUT2D eigenvalue weighted by Crippen LogP contribution is 2.14. The molecule has 3 aromatic rings. The van der Waals surface area contributed by atoms with Crippen molar-refractivity contribution in [1.29, 1.82) is 0 Å². The standard InChI is InChI=1S/C22H22N6O6/c1-3-11-27-22(32)17-10-5-4-9-16(17)18(26-27)21(31)25-24-19(29)13(2)23-20(30)14-7-6-8-15(12-14)28(33)34/h4-10,12-13H,3,11H2,1-2H3,(H,23,30)(H,24,29)(H,25,31)/t13-/m0/s1. The van der Waals surface area contributed by atoms with Crippen molar-refractivity contribution in [2.45, 2.75) is 32.9 Å². The molecule has 0 aliphatic heterocycles. The Morgan fingerprint density at radius 3 is 2.44 bits per heavy atom. The second-order valence-corrected chi connectivity index (χ2v) is 7.37. The number of amides is 3. The van der Waals surface area contributed by atoms with Crippen LogP contribution in [0.2, 0.25) is 0 Å². The number of fused-ring (bicyclic) bond motifs is 1. The lowest BCUT2D eigenvalue weighted by atomic mass is 10.1. The number of hydrogen-bond donors (Lipinski definition) is 3. The van der Waals surface area contributed by atoms with Crippen molar-refractivity contribution in [2.24, 2.45) is 0 Å². The van der Waals surface area contributed by atoms with Crippen LogP contribution in [0.1, 0.15) is 41.1 Å². The maximum atomic E-state index is 12.7. The van der Waals surface area contributed by atoms with Crippen molar-refractivity contribution in [2.75, 3.05) is 0 Å². The molecule has 12 nitrogen and oxygen atoms in total. The molecule has 1 heterocycles. The molecule has 0 aliphatic rings. The van der Waals surface area contributed by atoms with Gasteiger partial charge < -0.3 is 5.32 Å². The summed E-state index contributed by atoms with van der Waals surface area (Å²) in [5.41, 5.74) is 3.83. The first-order valence-electron chi connectivity index (χ1n) is 10.4. The Morgan fingerprint density at radius 2 is 1.76 bits per heavy atom. The molecule has 34 heavy (non-hydrogen) atoms. The fourth-order valence-corrected chi connectivity index (χ4v) is 3.16. The number of nitro groups is 1. The van der Waals surface area contributed by atoms with Crippen molar-refractivity contribution in [3.05, 3.63) is 80.3 Å². The maximum absolute atomic E-state index is 12.7. The summed E-state index contributed by atoms with van der Waals surface area (Å²) in [7, 11) is 0. The number of nitro benzene ring substituents is 1. The highest BCUT2D eigenvalue weighted by molar-refractivity contribution is 6.05. The van der Waals surface area contributed by atoms with E-state index in [-0.39, 0.29) is 22.5 Å². The number of carbonyl (C=O) groups excluding carboxylic acids is 3. The zero-order valence-corrected chi connectivity index (χ0v) is 18.4. The van der Waals surface area contributed by atoms with Crippen molar-refractivity contribution in [1.82, 2.24) is 25.9 Å². The number of hydrazine groups is 1. The lowest BCUT2D eigenvalue weighted by Gasteiger charge is -2.15. The fourth-order valence-electron chi connectivity index (χ4n) is 3.16. The zero-order chi connectivity index (χ0) is 24.8. The van der Waals surface area contributed by atoms with E-state index in [1.165, 1.54) is 29.8 Å². The monoisotopic (exact) mass is 466 g/mol. The first kappa shape index (κ1) is 24.0. The van der Waals surface area contributed by atoms with Crippen LogP contribution < -0.4 is 21.7 Å². The van der Waals surface area contributed by atoms with Gasteiger partial charge in [-0.05, 0) is 25.5 Å². The number of hydrogen-bond acceptors (Lipinski definition) is 7. The Balaban J connectivity index is 1.69. The Labute approximate surface area is 193 Å². The van der Waals surface area contributed by atoms with Crippen LogP contribution in [0.3, 0.4) is 0 Å². The van der Waals surface area contributed by atoms with Gasteiger partial charge in [-0.15, -0.1) is 0 Å². The lowest BCUT2D eigenvalue weighted by Crippen LogP contribution is -2.51. The van der Waals surface area contributed by atoms with Crippen molar-refractivity contribution in [3.8, 4) is 0 Å². The molecule has 2 aromatic carbocycles.